The van der Waals surface area contributed by atoms with Crippen molar-refractivity contribution >= 4 is 23.4 Å². The highest BCUT2D eigenvalue weighted by Gasteiger charge is 2.25. The zero-order valence-corrected chi connectivity index (χ0v) is 23.6. The van der Waals surface area contributed by atoms with Gasteiger partial charge in [-0.25, -0.2) is 4.98 Å². The summed E-state index contributed by atoms with van der Waals surface area (Å²) in [4.78, 5) is 18.2. The Bertz CT molecular complexity index is 1530. The zero-order chi connectivity index (χ0) is 27.9. The van der Waals surface area contributed by atoms with E-state index in [2.05, 4.69) is 11.4 Å². The highest BCUT2D eigenvalue weighted by Crippen LogP contribution is 2.41. The van der Waals surface area contributed by atoms with Crippen LogP contribution >= 0.6 is 11.8 Å². The van der Waals surface area contributed by atoms with Gasteiger partial charge in [-0.3, -0.25) is 4.79 Å². The SMILES string of the molecule is CCC(Sc1nc(-c2ccccc2)cc(-c2cc(OC)ccc2OC)c1C#N)C(=O)Nc1ccc(C)c(C)c1. The second-order valence-electron chi connectivity index (χ2n) is 9.08. The predicted octanol–water partition coefficient (Wildman–Crippen LogP) is 7.43. The number of carbonyl (C=O) groups excluding carboxylic acids is 1. The van der Waals surface area contributed by atoms with Gasteiger partial charge in [0, 0.05) is 22.4 Å². The number of methoxy groups -OCH3 is 2. The van der Waals surface area contributed by atoms with Crippen LogP contribution in [-0.2, 0) is 4.79 Å². The molecule has 1 heterocycles. The van der Waals surface area contributed by atoms with E-state index in [1.54, 1.807) is 14.2 Å². The van der Waals surface area contributed by atoms with Gasteiger partial charge in [0.2, 0.25) is 5.91 Å². The molecule has 4 rings (SSSR count). The lowest BCUT2D eigenvalue weighted by Gasteiger charge is -2.19. The number of rotatable bonds is 9. The molecule has 198 valence electrons. The molecular formula is C32H31N3O3S. The van der Waals surface area contributed by atoms with Gasteiger partial charge in [-0.15, -0.1) is 0 Å². The van der Waals surface area contributed by atoms with E-state index in [9.17, 15) is 10.1 Å². The molecule has 0 saturated carbocycles. The molecule has 4 aromatic rings. The lowest BCUT2D eigenvalue weighted by Crippen LogP contribution is -2.25. The van der Waals surface area contributed by atoms with Crippen molar-refractivity contribution in [1.82, 2.24) is 4.98 Å². The van der Waals surface area contributed by atoms with Gasteiger partial charge in [0.1, 0.15) is 22.6 Å². The Balaban J connectivity index is 1.81. The van der Waals surface area contributed by atoms with Crippen molar-refractivity contribution in [3.8, 4) is 40.0 Å². The van der Waals surface area contributed by atoms with E-state index < -0.39 is 5.25 Å². The zero-order valence-electron chi connectivity index (χ0n) is 22.7. The minimum absolute atomic E-state index is 0.137. The van der Waals surface area contributed by atoms with Crippen LogP contribution in [0.3, 0.4) is 0 Å². The number of pyridine rings is 1. The van der Waals surface area contributed by atoms with Crippen LogP contribution in [0.15, 0.2) is 77.8 Å². The van der Waals surface area contributed by atoms with E-state index in [0.29, 0.717) is 45.3 Å². The summed E-state index contributed by atoms with van der Waals surface area (Å²) in [6, 6.07) is 25.4. The predicted molar refractivity (Wildman–Crippen MR) is 157 cm³/mol. The topological polar surface area (TPSA) is 84.2 Å². The molecule has 1 unspecified atom stereocenters. The normalized spacial score (nSPS) is 11.4. The largest absolute Gasteiger partial charge is 0.497 e. The van der Waals surface area contributed by atoms with E-state index in [-0.39, 0.29) is 5.91 Å². The number of amides is 1. The number of aryl methyl sites for hydroxylation is 2. The highest BCUT2D eigenvalue weighted by molar-refractivity contribution is 8.00. The number of hydrogen-bond acceptors (Lipinski definition) is 6. The molecule has 39 heavy (non-hydrogen) atoms. The van der Waals surface area contributed by atoms with Crippen molar-refractivity contribution < 1.29 is 14.3 Å². The van der Waals surface area contributed by atoms with E-state index in [4.69, 9.17) is 14.5 Å². The summed E-state index contributed by atoms with van der Waals surface area (Å²) in [5.41, 5.74) is 6.36. The van der Waals surface area contributed by atoms with Gasteiger partial charge in [-0.2, -0.15) is 5.26 Å². The molecule has 3 aromatic carbocycles. The number of hydrogen-bond donors (Lipinski definition) is 1. The molecule has 0 spiro atoms. The molecule has 1 N–H and O–H groups in total. The molecule has 1 amide bonds. The number of anilines is 1. The number of thioether (sulfide) groups is 1. The molecule has 0 radical (unpaired) electrons. The molecule has 0 bridgehead atoms. The maximum absolute atomic E-state index is 13.4. The summed E-state index contributed by atoms with van der Waals surface area (Å²) in [7, 11) is 3.19. The summed E-state index contributed by atoms with van der Waals surface area (Å²) in [6.07, 6.45) is 0.557. The van der Waals surface area contributed by atoms with Crippen LogP contribution in [0.5, 0.6) is 11.5 Å². The van der Waals surface area contributed by atoms with Crippen molar-refractivity contribution in [3.05, 3.63) is 89.5 Å². The second kappa shape index (κ2) is 12.5. The Morgan fingerprint density at radius 2 is 1.74 bits per heavy atom. The van der Waals surface area contributed by atoms with Gasteiger partial charge in [0.25, 0.3) is 0 Å². The lowest BCUT2D eigenvalue weighted by molar-refractivity contribution is -0.115. The molecule has 1 aromatic heterocycles. The third-order valence-electron chi connectivity index (χ3n) is 6.56. The van der Waals surface area contributed by atoms with Crippen molar-refractivity contribution in [2.45, 2.75) is 37.5 Å². The quantitative estimate of drug-likeness (QED) is 0.224. The van der Waals surface area contributed by atoms with E-state index in [0.717, 1.165) is 22.4 Å². The van der Waals surface area contributed by atoms with Crippen LogP contribution < -0.4 is 14.8 Å². The fraction of sp³-hybridized carbons (Fsp3) is 0.219. The number of nitrogens with one attached hydrogen (secondary N) is 1. The average molecular weight is 538 g/mol. The Labute approximate surface area is 234 Å². The molecule has 0 saturated heterocycles. The van der Waals surface area contributed by atoms with Crippen molar-refractivity contribution in [2.75, 3.05) is 19.5 Å². The summed E-state index contributed by atoms with van der Waals surface area (Å²) in [6.45, 7) is 6.01. The first-order chi connectivity index (χ1) is 18.9. The van der Waals surface area contributed by atoms with Crippen LogP contribution in [0.25, 0.3) is 22.4 Å². The van der Waals surface area contributed by atoms with Crippen LogP contribution in [0, 0.1) is 25.2 Å². The van der Waals surface area contributed by atoms with Crippen LogP contribution in [-0.4, -0.2) is 30.4 Å². The summed E-state index contributed by atoms with van der Waals surface area (Å²) in [5, 5.41) is 13.4. The molecule has 0 aliphatic heterocycles. The molecule has 0 fully saturated rings. The number of nitriles is 1. The smallest absolute Gasteiger partial charge is 0.237 e. The van der Waals surface area contributed by atoms with E-state index in [1.165, 1.54) is 11.8 Å². The second-order valence-corrected chi connectivity index (χ2v) is 10.3. The van der Waals surface area contributed by atoms with Gasteiger partial charge in [-0.1, -0.05) is 55.1 Å². The van der Waals surface area contributed by atoms with Crippen LogP contribution in [0.4, 0.5) is 5.69 Å². The summed E-state index contributed by atoms with van der Waals surface area (Å²) in [5.74, 6) is 1.11. The molecule has 0 aliphatic carbocycles. The average Bonchev–Trinajstić information content (AvgIpc) is 2.97. The fourth-order valence-electron chi connectivity index (χ4n) is 4.21. The van der Waals surface area contributed by atoms with Crippen LogP contribution in [0.1, 0.15) is 30.0 Å². The Hall–Kier alpha value is -4.28. The highest BCUT2D eigenvalue weighted by atomic mass is 32.2. The molecule has 1 atom stereocenters. The standard InChI is InChI=1S/C32H31N3O3S/c1-6-30(31(36)34-23-13-12-20(2)21(3)16-23)39-32-27(19-33)25(18-28(35-32)22-10-8-7-9-11-22)26-17-24(37-4)14-15-29(26)38-5/h7-18,30H,6H2,1-5H3,(H,34,36). The molecule has 7 heteroatoms. The lowest BCUT2D eigenvalue weighted by atomic mass is 9.98. The van der Waals surface area contributed by atoms with Gasteiger partial charge in [0.15, 0.2) is 0 Å². The number of carbonyl (C=O) groups is 1. The Morgan fingerprint density at radius 1 is 0.974 bits per heavy atom. The number of benzene rings is 3. The van der Waals surface area contributed by atoms with Crippen molar-refractivity contribution in [2.24, 2.45) is 0 Å². The fourth-order valence-corrected chi connectivity index (χ4v) is 5.23. The molecular weight excluding hydrogens is 506 g/mol. The number of ether oxygens (including phenoxy) is 2. The maximum Gasteiger partial charge on any atom is 0.237 e. The maximum atomic E-state index is 13.4. The number of nitrogens with zero attached hydrogens (tertiary/aromatic N) is 2. The third-order valence-corrected chi connectivity index (χ3v) is 7.91. The van der Waals surface area contributed by atoms with Gasteiger partial charge >= 0.3 is 0 Å². The first-order valence-corrected chi connectivity index (χ1v) is 13.5. The van der Waals surface area contributed by atoms with Crippen molar-refractivity contribution in [3.63, 3.8) is 0 Å². The first-order valence-electron chi connectivity index (χ1n) is 12.7. The van der Waals surface area contributed by atoms with Crippen LogP contribution in [0.2, 0.25) is 0 Å². The summed E-state index contributed by atoms with van der Waals surface area (Å²) < 4.78 is 11.1. The minimum Gasteiger partial charge on any atom is -0.497 e. The van der Waals surface area contributed by atoms with Gasteiger partial charge in [0.05, 0.1) is 30.7 Å². The van der Waals surface area contributed by atoms with Gasteiger partial charge in [-0.05, 0) is 67.8 Å². The Morgan fingerprint density at radius 3 is 2.38 bits per heavy atom. The molecule has 0 aliphatic rings. The molecule has 6 nitrogen and oxygen atoms in total. The Kier molecular flexibility index (Phi) is 8.90. The van der Waals surface area contributed by atoms with E-state index >= 15 is 0 Å². The first kappa shape index (κ1) is 27.7. The van der Waals surface area contributed by atoms with Gasteiger partial charge < -0.3 is 14.8 Å². The minimum atomic E-state index is -0.461. The van der Waals surface area contributed by atoms with E-state index in [1.807, 2.05) is 93.6 Å². The number of aromatic nitrogens is 1. The van der Waals surface area contributed by atoms with Crippen molar-refractivity contribution in [1.29, 1.82) is 5.26 Å². The monoisotopic (exact) mass is 537 g/mol. The summed E-state index contributed by atoms with van der Waals surface area (Å²) >= 11 is 1.30. The third kappa shape index (κ3) is 6.24.